The van der Waals surface area contributed by atoms with Gasteiger partial charge in [0.25, 0.3) is 0 Å². The van der Waals surface area contributed by atoms with E-state index in [1.807, 2.05) is 42.5 Å². The Balaban J connectivity index is 1.95. The second-order valence-electron chi connectivity index (χ2n) is 5.18. The van der Waals surface area contributed by atoms with Gasteiger partial charge in [-0.2, -0.15) is 0 Å². The van der Waals surface area contributed by atoms with Gasteiger partial charge in [0.05, 0.1) is 22.9 Å². The van der Waals surface area contributed by atoms with Crippen molar-refractivity contribution in [2.24, 2.45) is 0 Å². The molecule has 0 amide bonds. The van der Waals surface area contributed by atoms with Crippen molar-refractivity contribution in [2.75, 3.05) is 0 Å². The lowest BCUT2D eigenvalue weighted by molar-refractivity contribution is 0.215. The normalized spacial score (nSPS) is 12.5. The Labute approximate surface area is 124 Å². The van der Waals surface area contributed by atoms with Gasteiger partial charge in [-0.25, -0.2) is 4.98 Å². The van der Waals surface area contributed by atoms with Gasteiger partial charge in [0.1, 0.15) is 6.10 Å². The maximum absolute atomic E-state index is 10.5. The average Bonchev–Trinajstić information content (AvgIpc) is 2.54. The number of aliphatic hydroxyl groups excluding tert-OH is 1. The number of benzene rings is 2. The molecule has 1 heterocycles. The molecule has 0 aliphatic rings. The van der Waals surface area contributed by atoms with Gasteiger partial charge in [-0.05, 0) is 29.7 Å². The summed E-state index contributed by atoms with van der Waals surface area (Å²) in [6.45, 7) is 2.15. The van der Waals surface area contributed by atoms with E-state index in [4.69, 9.17) is 0 Å². The molecule has 0 bridgehead atoms. The summed E-state index contributed by atoms with van der Waals surface area (Å²) < 4.78 is 0. The minimum atomic E-state index is -0.737. The Morgan fingerprint density at radius 3 is 2.67 bits per heavy atom. The Morgan fingerprint density at radius 2 is 1.86 bits per heavy atom. The predicted octanol–water partition coefficient (Wildman–Crippen LogP) is 3.66. The van der Waals surface area contributed by atoms with E-state index in [1.165, 1.54) is 5.56 Å². The third-order valence-corrected chi connectivity index (χ3v) is 3.55. The minimum absolute atomic E-state index is 0.586. The summed E-state index contributed by atoms with van der Waals surface area (Å²) in [5, 5.41) is 10.5. The second kappa shape index (κ2) is 6.02. The van der Waals surface area contributed by atoms with E-state index >= 15 is 0 Å². The molecule has 2 aromatic carbocycles. The molecular formula is C18H18N2O. The highest BCUT2D eigenvalue weighted by Crippen LogP contribution is 2.22. The monoisotopic (exact) mass is 278 g/mol. The molecule has 0 radical (unpaired) electrons. The molecule has 0 aliphatic carbocycles. The van der Waals surface area contributed by atoms with Crippen LogP contribution in [0.25, 0.3) is 11.0 Å². The third kappa shape index (κ3) is 2.93. The van der Waals surface area contributed by atoms with Crippen LogP contribution in [0.5, 0.6) is 0 Å². The number of aliphatic hydroxyl groups is 1. The molecule has 0 spiro atoms. The molecule has 21 heavy (non-hydrogen) atoms. The molecule has 0 saturated carbocycles. The van der Waals surface area contributed by atoms with Crippen LogP contribution in [0.1, 0.15) is 36.3 Å². The Kier molecular flexibility index (Phi) is 3.93. The van der Waals surface area contributed by atoms with Crippen LogP contribution in [0.3, 0.4) is 0 Å². The van der Waals surface area contributed by atoms with Gasteiger partial charge < -0.3 is 5.11 Å². The first kappa shape index (κ1) is 13.7. The van der Waals surface area contributed by atoms with Crippen molar-refractivity contribution < 1.29 is 5.11 Å². The van der Waals surface area contributed by atoms with Crippen LogP contribution in [0, 0.1) is 0 Å². The van der Waals surface area contributed by atoms with Crippen LogP contribution in [0.4, 0.5) is 0 Å². The molecule has 3 heteroatoms. The number of aryl methyl sites for hydroxylation is 1. The Hall–Kier alpha value is -2.26. The molecular weight excluding hydrogens is 260 g/mol. The molecule has 1 aromatic heterocycles. The van der Waals surface area contributed by atoms with Crippen LogP contribution >= 0.6 is 0 Å². The largest absolute Gasteiger partial charge is 0.382 e. The number of aromatic nitrogens is 2. The molecule has 1 atom stereocenters. The van der Waals surface area contributed by atoms with Crippen molar-refractivity contribution >= 4 is 11.0 Å². The topological polar surface area (TPSA) is 46.0 Å². The summed E-state index contributed by atoms with van der Waals surface area (Å²) in [5.74, 6) is 0. The fourth-order valence-electron chi connectivity index (χ4n) is 2.48. The summed E-state index contributed by atoms with van der Waals surface area (Å²) >= 11 is 0. The first-order chi connectivity index (χ1) is 10.3. The van der Waals surface area contributed by atoms with E-state index in [0.29, 0.717) is 5.69 Å². The van der Waals surface area contributed by atoms with Gasteiger partial charge in [-0.1, -0.05) is 49.7 Å². The Morgan fingerprint density at radius 1 is 1.05 bits per heavy atom. The van der Waals surface area contributed by atoms with E-state index in [1.54, 1.807) is 6.20 Å². The first-order valence-corrected chi connectivity index (χ1v) is 7.26. The Bertz CT molecular complexity index is 755. The number of para-hydroxylation sites is 2. The van der Waals surface area contributed by atoms with Gasteiger partial charge in [0, 0.05) is 0 Å². The van der Waals surface area contributed by atoms with E-state index in [-0.39, 0.29) is 0 Å². The van der Waals surface area contributed by atoms with Crippen molar-refractivity contribution in [3.8, 4) is 0 Å². The number of fused-ring (bicyclic) bond motifs is 1. The highest BCUT2D eigenvalue weighted by atomic mass is 16.3. The number of hydrogen-bond donors (Lipinski definition) is 1. The van der Waals surface area contributed by atoms with Gasteiger partial charge >= 0.3 is 0 Å². The molecule has 1 unspecified atom stereocenters. The van der Waals surface area contributed by atoms with Crippen molar-refractivity contribution in [2.45, 2.75) is 25.9 Å². The van der Waals surface area contributed by atoms with Crippen molar-refractivity contribution in [1.29, 1.82) is 0 Å². The number of nitrogens with zero attached hydrogens (tertiary/aromatic N) is 2. The van der Waals surface area contributed by atoms with Gasteiger partial charge in [0.2, 0.25) is 0 Å². The highest BCUT2D eigenvalue weighted by molar-refractivity contribution is 5.73. The highest BCUT2D eigenvalue weighted by Gasteiger charge is 2.13. The molecule has 0 saturated heterocycles. The smallest absolute Gasteiger partial charge is 0.123 e. The average molecular weight is 278 g/mol. The molecule has 3 rings (SSSR count). The zero-order valence-electron chi connectivity index (χ0n) is 12.0. The van der Waals surface area contributed by atoms with Crippen LogP contribution < -0.4 is 0 Å². The van der Waals surface area contributed by atoms with Gasteiger partial charge in [0.15, 0.2) is 0 Å². The van der Waals surface area contributed by atoms with Crippen molar-refractivity contribution in [1.82, 2.24) is 9.97 Å². The summed E-state index contributed by atoms with van der Waals surface area (Å²) in [6, 6.07) is 15.7. The van der Waals surface area contributed by atoms with E-state index in [9.17, 15) is 5.11 Å². The zero-order chi connectivity index (χ0) is 14.7. The lowest BCUT2D eigenvalue weighted by Gasteiger charge is -2.12. The standard InChI is InChI=1S/C18H18N2O/c1-2-6-13-7-5-8-14(11-13)18(21)17-12-19-15-9-3-4-10-16(15)20-17/h3-5,7-12,18,21H,2,6H2,1H3. The fraction of sp³-hybridized carbons (Fsp3) is 0.222. The van der Waals surface area contributed by atoms with Gasteiger partial charge in [-0.15, -0.1) is 0 Å². The van der Waals surface area contributed by atoms with Crippen molar-refractivity contribution in [3.63, 3.8) is 0 Å². The number of rotatable bonds is 4. The number of hydrogen-bond acceptors (Lipinski definition) is 3. The maximum atomic E-state index is 10.5. The van der Waals surface area contributed by atoms with Crippen LogP contribution in [0.2, 0.25) is 0 Å². The molecule has 0 aliphatic heterocycles. The van der Waals surface area contributed by atoms with Crippen molar-refractivity contribution in [3.05, 3.63) is 71.5 Å². The summed E-state index contributed by atoms with van der Waals surface area (Å²) in [4.78, 5) is 8.88. The zero-order valence-corrected chi connectivity index (χ0v) is 12.0. The quantitative estimate of drug-likeness (QED) is 0.792. The molecule has 1 N–H and O–H groups in total. The fourth-order valence-corrected chi connectivity index (χ4v) is 2.48. The van der Waals surface area contributed by atoms with Crippen LogP contribution in [0.15, 0.2) is 54.7 Å². The van der Waals surface area contributed by atoms with Crippen LogP contribution in [-0.4, -0.2) is 15.1 Å². The molecule has 106 valence electrons. The molecule has 3 nitrogen and oxygen atoms in total. The van der Waals surface area contributed by atoms with E-state index < -0.39 is 6.10 Å². The lowest BCUT2D eigenvalue weighted by Crippen LogP contribution is -2.04. The predicted molar refractivity (Wildman–Crippen MR) is 84.0 cm³/mol. The van der Waals surface area contributed by atoms with E-state index in [0.717, 1.165) is 29.4 Å². The maximum Gasteiger partial charge on any atom is 0.123 e. The lowest BCUT2D eigenvalue weighted by atomic mass is 10.0. The molecule has 0 fully saturated rings. The van der Waals surface area contributed by atoms with Crippen LogP contribution in [-0.2, 0) is 6.42 Å². The minimum Gasteiger partial charge on any atom is -0.382 e. The molecule has 3 aromatic rings. The summed E-state index contributed by atoms with van der Waals surface area (Å²) in [6.07, 6.45) is 3.03. The van der Waals surface area contributed by atoms with E-state index in [2.05, 4.69) is 23.0 Å². The summed E-state index contributed by atoms with van der Waals surface area (Å²) in [7, 11) is 0. The third-order valence-electron chi connectivity index (χ3n) is 3.55. The second-order valence-corrected chi connectivity index (χ2v) is 5.18. The summed E-state index contributed by atoms with van der Waals surface area (Å²) in [5.41, 5.74) is 4.34. The van der Waals surface area contributed by atoms with Gasteiger partial charge in [-0.3, -0.25) is 4.98 Å². The first-order valence-electron chi connectivity index (χ1n) is 7.26. The SMILES string of the molecule is CCCc1cccc(C(O)c2cnc3ccccc3n2)c1.